The number of nitrogen functional groups attached to an aromatic ring is 1. The van der Waals surface area contributed by atoms with Gasteiger partial charge in [-0.2, -0.15) is 17.0 Å². The Morgan fingerprint density at radius 1 is 1.04 bits per heavy atom. The second kappa shape index (κ2) is 7.22. The predicted molar refractivity (Wildman–Crippen MR) is 93.0 cm³/mol. The molecule has 2 aliphatic heterocycles. The third kappa shape index (κ3) is 3.75. The third-order valence-corrected chi connectivity index (χ3v) is 6.72. The molecule has 0 unspecified atom stereocenters. The summed E-state index contributed by atoms with van der Waals surface area (Å²) in [6.45, 7) is 4.49. The van der Waals surface area contributed by atoms with Crippen molar-refractivity contribution in [3.8, 4) is 0 Å². The highest BCUT2D eigenvalue weighted by Crippen LogP contribution is 2.19. The van der Waals surface area contributed by atoms with Crippen molar-refractivity contribution in [3.63, 3.8) is 0 Å². The van der Waals surface area contributed by atoms with Gasteiger partial charge in [0, 0.05) is 45.5 Å². The van der Waals surface area contributed by atoms with Crippen molar-refractivity contribution in [1.29, 1.82) is 0 Å². The lowest BCUT2D eigenvalue weighted by Gasteiger charge is -2.26. The number of aromatic nitrogens is 2. The quantitative estimate of drug-likeness (QED) is 0.794. The maximum atomic E-state index is 12.7. The fraction of sp³-hybridized carbons (Fsp3) is 0.667. The minimum atomic E-state index is -3.43. The Kier molecular flexibility index (Phi) is 5.21. The Hall–Kier alpha value is -1.78. The second-order valence-corrected chi connectivity index (χ2v) is 8.31. The van der Waals surface area contributed by atoms with Crippen LogP contribution in [0.1, 0.15) is 35.3 Å². The molecule has 0 spiro atoms. The van der Waals surface area contributed by atoms with E-state index in [4.69, 9.17) is 5.73 Å². The number of carbonyl (C=O) groups excluding carboxylic acids is 1. The average Bonchev–Trinajstić information content (AvgIpc) is 2.99. The zero-order valence-electron chi connectivity index (χ0n) is 14.4. The maximum absolute atomic E-state index is 12.7. The van der Waals surface area contributed by atoms with Gasteiger partial charge in [-0.25, -0.2) is 9.97 Å². The van der Waals surface area contributed by atoms with E-state index < -0.39 is 10.2 Å². The van der Waals surface area contributed by atoms with Crippen LogP contribution in [0.4, 0.5) is 5.95 Å². The standard InChI is InChI=1S/C15H24N6O3S/c1-12-13(11-17-15(16)18-12)14(22)19-5-4-8-21(10-9-19)25(23,24)20-6-2-3-7-20/h11H,2-10H2,1H3,(H2,16,17,18). The first-order valence-corrected chi connectivity index (χ1v) is 9.93. The van der Waals surface area contributed by atoms with Crippen molar-refractivity contribution in [2.24, 2.45) is 0 Å². The summed E-state index contributed by atoms with van der Waals surface area (Å²) in [6, 6.07) is 0. The zero-order valence-corrected chi connectivity index (χ0v) is 15.2. The number of hydrogen-bond donors (Lipinski definition) is 1. The highest BCUT2D eigenvalue weighted by atomic mass is 32.2. The summed E-state index contributed by atoms with van der Waals surface area (Å²) in [5.41, 5.74) is 6.47. The van der Waals surface area contributed by atoms with E-state index in [1.807, 2.05) is 0 Å². The Morgan fingerprint density at radius 2 is 1.68 bits per heavy atom. The largest absolute Gasteiger partial charge is 0.368 e. The fourth-order valence-electron chi connectivity index (χ4n) is 3.28. The summed E-state index contributed by atoms with van der Waals surface area (Å²) < 4.78 is 28.4. The molecule has 0 aromatic carbocycles. The Bertz CT molecular complexity index is 748. The molecule has 25 heavy (non-hydrogen) atoms. The number of nitrogens with two attached hydrogens (primary N) is 1. The van der Waals surface area contributed by atoms with E-state index >= 15 is 0 Å². The SMILES string of the molecule is Cc1nc(N)ncc1C(=O)N1CCCN(S(=O)(=O)N2CCCC2)CC1. The molecule has 1 amide bonds. The minimum absolute atomic E-state index is 0.132. The normalized spacial score (nSPS) is 20.6. The van der Waals surface area contributed by atoms with Gasteiger partial charge in [0.15, 0.2) is 0 Å². The van der Waals surface area contributed by atoms with Gasteiger partial charge < -0.3 is 10.6 Å². The van der Waals surface area contributed by atoms with Crippen LogP contribution in [-0.4, -0.2) is 77.1 Å². The maximum Gasteiger partial charge on any atom is 0.282 e. The minimum Gasteiger partial charge on any atom is -0.368 e. The lowest BCUT2D eigenvalue weighted by molar-refractivity contribution is 0.0762. The average molecular weight is 368 g/mol. The van der Waals surface area contributed by atoms with Crippen molar-refractivity contribution >= 4 is 22.1 Å². The van der Waals surface area contributed by atoms with Gasteiger partial charge in [0.25, 0.3) is 16.1 Å². The van der Waals surface area contributed by atoms with Gasteiger partial charge in [0.2, 0.25) is 5.95 Å². The molecule has 2 aliphatic rings. The summed E-state index contributed by atoms with van der Waals surface area (Å²) in [4.78, 5) is 22.3. The summed E-state index contributed by atoms with van der Waals surface area (Å²) in [6.07, 6.45) is 3.86. The van der Waals surface area contributed by atoms with Crippen LogP contribution < -0.4 is 5.73 Å². The van der Waals surface area contributed by atoms with Crippen molar-refractivity contribution in [1.82, 2.24) is 23.5 Å². The number of carbonyl (C=O) groups is 1. The molecule has 1 aromatic rings. The molecule has 0 aliphatic carbocycles. The van der Waals surface area contributed by atoms with Crippen LogP contribution in [0, 0.1) is 6.92 Å². The molecular formula is C15H24N6O3S. The van der Waals surface area contributed by atoms with Crippen LogP contribution in [0.3, 0.4) is 0 Å². The lowest BCUT2D eigenvalue weighted by Crippen LogP contribution is -2.44. The smallest absolute Gasteiger partial charge is 0.282 e. The summed E-state index contributed by atoms with van der Waals surface area (Å²) in [7, 11) is -3.43. The summed E-state index contributed by atoms with van der Waals surface area (Å²) >= 11 is 0. The van der Waals surface area contributed by atoms with Gasteiger partial charge in [-0.1, -0.05) is 0 Å². The molecule has 2 saturated heterocycles. The number of aryl methyl sites for hydroxylation is 1. The lowest BCUT2D eigenvalue weighted by atomic mass is 10.2. The molecule has 1 aromatic heterocycles. The predicted octanol–water partition coefficient (Wildman–Crippen LogP) is -0.144. The monoisotopic (exact) mass is 368 g/mol. The van der Waals surface area contributed by atoms with Gasteiger partial charge in [-0.15, -0.1) is 0 Å². The Labute approximate surface area is 148 Å². The third-order valence-electron chi connectivity index (χ3n) is 4.69. The molecule has 138 valence electrons. The second-order valence-electron chi connectivity index (χ2n) is 6.39. The molecule has 0 bridgehead atoms. The van der Waals surface area contributed by atoms with Crippen molar-refractivity contribution in [3.05, 3.63) is 17.5 Å². The number of rotatable bonds is 3. The van der Waals surface area contributed by atoms with Crippen LogP contribution >= 0.6 is 0 Å². The number of anilines is 1. The molecule has 3 heterocycles. The van der Waals surface area contributed by atoms with Gasteiger partial charge in [0.1, 0.15) is 0 Å². The van der Waals surface area contributed by atoms with E-state index in [9.17, 15) is 13.2 Å². The molecule has 0 atom stereocenters. The van der Waals surface area contributed by atoms with Crippen LogP contribution in [0.25, 0.3) is 0 Å². The van der Waals surface area contributed by atoms with Crippen LogP contribution in [-0.2, 0) is 10.2 Å². The topological polar surface area (TPSA) is 113 Å². The molecule has 3 rings (SSSR count). The van der Waals surface area contributed by atoms with E-state index in [1.165, 1.54) is 10.5 Å². The molecular weight excluding hydrogens is 344 g/mol. The van der Waals surface area contributed by atoms with E-state index in [2.05, 4.69) is 9.97 Å². The van der Waals surface area contributed by atoms with Gasteiger partial charge in [0.05, 0.1) is 11.3 Å². The molecule has 2 fully saturated rings. The van der Waals surface area contributed by atoms with Gasteiger partial charge in [-0.3, -0.25) is 4.79 Å². The molecule has 0 saturated carbocycles. The molecule has 9 nitrogen and oxygen atoms in total. The number of nitrogens with zero attached hydrogens (tertiary/aromatic N) is 5. The number of hydrogen-bond acceptors (Lipinski definition) is 6. The fourth-order valence-corrected chi connectivity index (χ4v) is 4.99. The van der Waals surface area contributed by atoms with E-state index in [-0.39, 0.29) is 11.9 Å². The van der Waals surface area contributed by atoms with Crippen LogP contribution in [0.5, 0.6) is 0 Å². The molecule has 2 N–H and O–H groups in total. The summed E-state index contributed by atoms with van der Waals surface area (Å²) in [5, 5.41) is 0. The van der Waals surface area contributed by atoms with E-state index in [0.717, 1.165) is 12.8 Å². The van der Waals surface area contributed by atoms with Gasteiger partial charge >= 0.3 is 0 Å². The van der Waals surface area contributed by atoms with E-state index in [1.54, 1.807) is 16.1 Å². The first-order chi connectivity index (χ1) is 11.9. The Balaban J connectivity index is 1.70. The first-order valence-electron chi connectivity index (χ1n) is 8.53. The van der Waals surface area contributed by atoms with Crippen LogP contribution in [0.2, 0.25) is 0 Å². The summed E-state index contributed by atoms with van der Waals surface area (Å²) in [5.74, 6) is -0.0503. The van der Waals surface area contributed by atoms with Crippen molar-refractivity contribution in [2.75, 3.05) is 45.0 Å². The zero-order chi connectivity index (χ0) is 18.0. The van der Waals surface area contributed by atoms with Gasteiger partial charge in [-0.05, 0) is 26.2 Å². The van der Waals surface area contributed by atoms with Crippen molar-refractivity contribution in [2.45, 2.75) is 26.2 Å². The van der Waals surface area contributed by atoms with E-state index in [0.29, 0.717) is 56.9 Å². The molecule has 0 radical (unpaired) electrons. The highest BCUT2D eigenvalue weighted by molar-refractivity contribution is 7.86. The Morgan fingerprint density at radius 3 is 2.36 bits per heavy atom. The number of amides is 1. The first kappa shape index (κ1) is 18.0. The van der Waals surface area contributed by atoms with Crippen LogP contribution in [0.15, 0.2) is 6.20 Å². The van der Waals surface area contributed by atoms with Crippen molar-refractivity contribution < 1.29 is 13.2 Å². The molecule has 10 heteroatoms. The highest BCUT2D eigenvalue weighted by Gasteiger charge is 2.33.